The van der Waals surface area contributed by atoms with Crippen LogP contribution < -0.4 is 5.73 Å². The standard InChI is InChI=1S/C18H14ClN5/c19-10-11-2-1-3-12(8-11)13-4-6-21-17-14(13)9-16(23-17)15-5-7-22-18(20)24-15/h1-9H,10H2,(H,21,23)(H2,20,22,24). The number of halogens is 1. The van der Waals surface area contributed by atoms with E-state index in [4.69, 9.17) is 17.3 Å². The van der Waals surface area contributed by atoms with Crippen molar-refractivity contribution in [1.82, 2.24) is 19.9 Å². The van der Waals surface area contributed by atoms with Crippen LogP contribution in [-0.4, -0.2) is 19.9 Å². The van der Waals surface area contributed by atoms with Crippen LogP contribution in [0.4, 0.5) is 5.95 Å². The third kappa shape index (κ3) is 2.59. The molecule has 24 heavy (non-hydrogen) atoms. The lowest BCUT2D eigenvalue weighted by atomic mass is 10.0. The van der Waals surface area contributed by atoms with Crippen LogP contribution in [0.25, 0.3) is 33.5 Å². The number of nitrogens with one attached hydrogen (secondary N) is 1. The van der Waals surface area contributed by atoms with Gasteiger partial charge in [0.15, 0.2) is 0 Å². The number of aromatic amines is 1. The van der Waals surface area contributed by atoms with Gasteiger partial charge in [0.2, 0.25) is 5.95 Å². The Labute approximate surface area is 143 Å². The van der Waals surface area contributed by atoms with Gasteiger partial charge in [0.1, 0.15) is 5.65 Å². The monoisotopic (exact) mass is 335 g/mol. The van der Waals surface area contributed by atoms with Crippen molar-refractivity contribution in [2.24, 2.45) is 0 Å². The zero-order valence-corrected chi connectivity index (χ0v) is 13.5. The first-order valence-corrected chi connectivity index (χ1v) is 8.00. The second-order valence-electron chi connectivity index (χ2n) is 5.44. The van der Waals surface area contributed by atoms with Crippen molar-refractivity contribution in [2.45, 2.75) is 5.88 Å². The summed E-state index contributed by atoms with van der Waals surface area (Å²) in [7, 11) is 0. The van der Waals surface area contributed by atoms with Crippen molar-refractivity contribution in [2.75, 3.05) is 5.73 Å². The Hall–Kier alpha value is -2.92. The van der Waals surface area contributed by atoms with Gasteiger partial charge in [-0.15, -0.1) is 11.6 Å². The molecule has 0 saturated heterocycles. The summed E-state index contributed by atoms with van der Waals surface area (Å²) in [6.45, 7) is 0. The minimum Gasteiger partial charge on any atom is -0.368 e. The Morgan fingerprint density at radius 2 is 1.92 bits per heavy atom. The molecule has 0 aliphatic rings. The highest BCUT2D eigenvalue weighted by Gasteiger charge is 2.11. The van der Waals surface area contributed by atoms with Gasteiger partial charge < -0.3 is 10.7 Å². The molecule has 0 atom stereocenters. The largest absolute Gasteiger partial charge is 0.368 e. The Balaban J connectivity index is 1.88. The Kier molecular flexibility index (Phi) is 3.63. The number of nitrogen functional groups attached to an aromatic ring is 1. The van der Waals surface area contributed by atoms with Crippen molar-refractivity contribution in [1.29, 1.82) is 0 Å². The molecule has 5 nitrogen and oxygen atoms in total. The molecule has 1 aromatic carbocycles. The normalized spacial score (nSPS) is 11.0. The molecule has 0 saturated carbocycles. The summed E-state index contributed by atoms with van der Waals surface area (Å²) >= 11 is 5.96. The van der Waals surface area contributed by atoms with Crippen LogP contribution in [0.3, 0.4) is 0 Å². The summed E-state index contributed by atoms with van der Waals surface area (Å²) in [6, 6.07) is 14.0. The van der Waals surface area contributed by atoms with E-state index < -0.39 is 0 Å². The van der Waals surface area contributed by atoms with Gasteiger partial charge >= 0.3 is 0 Å². The van der Waals surface area contributed by atoms with Crippen LogP contribution >= 0.6 is 11.6 Å². The summed E-state index contributed by atoms with van der Waals surface area (Å²) in [5.41, 5.74) is 11.4. The fourth-order valence-electron chi connectivity index (χ4n) is 2.76. The number of nitrogens with two attached hydrogens (primary N) is 1. The first-order valence-electron chi connectivity index (χ1n) is 7.46. The van der Waals surface area contributed by atoms with Crippen LogP contribution in [0.5, 0.6) is 0 Å². The molecule has 4 aromatic rings. The highest BCUT2D eigenvalue weighted by atomic mass is 35.5. The average molecular weight is 336 g/mol. The lowest BCUT2D eigenvalue weighted by Gasteiger charge is -2.04. The molecular weight excluding hydrogens is 322 g/mol. The van der Waals surface area contributed by atoms with E-state index in [1.807, 2.05) is 30.3 Å². The third-order valence-electron chi connectivity index (χ3n) is 3.87. The van der Waals surface area contributed by atoms with E-state index >= 15 is 0 Å². The molecule has 0 unspecified atom stereocenters. The van der Waals surface area contributed by atoms with E-state index in [0.29, 0.717) is 5.88 Å². The number of H-pyrrole nitrogens is 1. The van der Waals surface area contributed by atoms with E-state index in [0.717, 1.165) is 39.1 Å². The first kappa shape index (κ1) is 14.7. The van der Waals surface area contributed by atoms with Gasteiger partial charge in [-0.25, -0.2) is 15.0 Å². The molecule has 3 heterocycles. The van der Waals surface area contributed by atoms with Gasteiger partial charge in [0.05, 0.1) is 11.4 Å². The Bertz CT molecular complexity index is 1020. The number of fused-ring (bicyclic) bond motifs is 1. The maximum absolute atomic E-state index is 5.96. The molecule has 3 aromatic heterocycles. The topological polar surface area (TPSA) is 80.5 Å². The summed E-state index contributed by atoms with van der Waals surface area (Å²) < 4.78 is 0. The smallest absolute Gasteiger partial charge is 0.220 e. The van der Waals surface area contributed by atoms with Gasteiger partial charge in [0.25, 0.3) is 0 Å². The van der Waals surface area contributed by atoms with Gasteiger partial charge in [-0.2, -0.15) is 0 Å². The van der Waals surface area contributed by atoms with Crippen LogP contribution in [0.1, 0.15) is 5.56 Å². The number of nitrogens with zero attached hydrogens (tertiary/aromatic N) is 3. The van der Waals surface area contributed by atoms with Crippen LogP contribution in [0.2, 0.25) is 0 Å². The van der Waals surface area contributed by atoms with Gasteiger partial charge in [-0.1, -0.05) is 18.2 Å². The van der Waals surface area contributed by atoms with Crippen LogP contribution in [0.15, 0.2) is 54.9 Å². The van der Waals surface area contributed by atoms with Crippen molar-refractivity contribution >= 4 is 28.6 Å². The van der Waals surface area contributed by atoms with Crippen molar-refractivity contribution < 1.29 is 0 Å². The zero-order chi connectivity index (χ0) is 16.5. The highest BCUT2D eigenvalue weighted by molar-refractivity contribution is 6.17. The zero-order valence-electron chi connectivity index (χ0n) is 12.7. The number of hydrogen-bond donors (Lipinski definition) is 2. The molecule has 6 heteroatoms. The molecule has 3 N–H and O–H groups in total. The number of anilines is 1. The third-order valence-corrected chi connectivity index (χ3v) is 4.18. The molecule has 0 fully saturated rings. The number of rotatable bonds is 3. The first-order chi connectivity index (χ1) is 11.7. The number of pyridine rings is 1. The SMILES string of the molecule is Nc1nccc(-c2cc3c(-c4cccc(CCl)c4)ccnc3[nH]2)n1. The van der Waals surface area contributed by atoms with E-state index in [9.17, 15) is 0 Å². The molecule has 0 spiro atoms. The number of alkyl halides is 1. The highest BCUT2D eigenvalue weighted by Crippen LogP contribution is 2.31. The van der Waals surface area contributed by atoms with Gasteiger partial charge in [0, 0.05) is 23.7 Å². The molecular formula is C18H14ClN5. The van der Waals surface area contributed by atoms with E-state index in [2.05, 4.69) is 32.1 Å². The van der Waals surface area contributed by atoms with E-state index in [-0.39, 0.29) is 5.95 Å². The lowest BCUT2D eigenvalue weighted by molar-refractivity contribution is 1.18. The van der Waals surface area contributed by atoms with Crippen molar-refractivity contribution in [3.05, 3.63) is 60.4 Å². The summed E-state index contributed by atoms with van der Waals surface area (Å²) in [6.07, 6.45) is 3.43. The Morgan fingerprint density at radius 3 is 2.75 bits per heavy atom. The Morgan fingerprint density at radius 1 is 1.04 bits per heavy atom. The number of benzene rings is 1. The van der Waals surface area contributed by atoms with E-state index in [1.54, 1.807) is 12.4 Å². The molecule has 0 amide bonds. The summed E-state index contributed by atoms with van der Waals surface area (Å²) in [5.74, 6) is 0.731. The summed E-state index contributed by atoms with van der Waals surface area (Å²) in [5, 5.41) is 1.02. The minimum atomic E-state index is 0.245. The predicted molar refractivity (Wildman–Crippen MR) is 96.5 cm³/mol. The molecule has 0 radical (unpaired) electrons. The molecule has 4 rings (SSSR count). The van der Waals surface area contributed by atoms with Crippen LogP contribution in [-0.2, 0) is 5.88 Å². The maximum atomic E-state index is 5.96. The van der Waals surface area contributed by atoms with Crippen molar-refractivity contribution in [3.8, 4) is 22.5 Å². The maximum Gasteiger partial charge on any atom is 0.220 e. The summed E-state index contributed by atoms with van der Waals surface area (Å²) in [4.78, 5) is 15.9. The average Bonchev–Trinajstić information content (AvgIpc) is 3.06. The second-order valence-corrected chi connectivity index (χ2v) is 5.71. The van der Waals surface area contributed by atoms with Gasteiger partial charge in [-0.3, -0.25) is 0 Å². The fraction of sp³-hybridized carbons (Fsp3) is 0.0556. The van der Waals surface area contributed by atoms with Crippen LogP contribution in [0, 0.1) is 0 Å². The second kappa shape index (κ2) is 5.94. The van der Waals surface area contributed by atoms with Gasteiger partial charge in [-0.05, 0) is 41.0 Å². The molecule has 0 bridgehead atoms. The molecule has 118 valence electrons. The fourth-order valence-corrected chi connectivity index (χ4v) is 2.93. The van der Waals surface area contributed by atoms with Crippen molar-refractivity contribution in [3.63, 3.8) is 0 Å². The number of hydrogen-bond acceptors (Lipinski definition) is 4. The quantitative estimate of drug-likeness (QED) is 0.554. The minimum absolute atomic E-state index is 0.245. The number of aromatic nitrogens is 4. The van der Waals surface area contributed by atoms with E-state index in [1.165, 1.54) is 0 Å². The molecule has 0 aliphatic heterocycles. The lowest BCUT2D eigenvalue weighted by Crippen LogP contribution is -1.94. The predicted octanol–water partition coefficient (Wildman–Crippen LogP) is 4.01. The molecule has 0 aliphatic carbocycles.